The maximum absolute atomic E-state index is 5.66. The van der Waals surface area contributed by atoms with E-state index in [2.05, 4.69) is 36.7 Å². The molecule has 0 fully saturated rings. The predicted molar refractivity (Wildman–Crippen MR) is 62.5 cm³/mol. The van der Waals surface area contributed by atoms with E-state index in [-0.39, 0.29) is 0 Å². The first-order valence-electron chi connectivity index (χ1n) is 5.38. The molecule has 0 aliphatic heterocycles. The number of rotatable bonds is 8. The molecule has 0 rings (SSSR count). The van der Waals surface area contributed by atoms with Crippen LogP contribution in [0.15, 0.2) is 0 Å². The number of halogens is 1. The summed E-state index contributed by atoms with van der Waals surface area (Å²) in [6.45, 7) is 8.54. The molecule has 0 saturated carbocycles. The summed E-state index contributed by atoms with van der Waals surface area (Å²) in [6.07, 6.45) is 3.75. The third-order valence-corrected chi connectivity index (χ3v) is 3.25. The van der Waals surface area contributed by atoms with Crippen LogP contribution in [0.1, 0.15) is 40.0 Å². The zero-order valence-electron chi connectivity index (χ0n) is 9.18. The van der Waals surface area contributed by atoms with E-state index in [1.165, 1.54) is 19.3 Å². The Morgan fingerprint density at radius 1 is 1.23 bits per heavy atom. The van der Waals surface area contributed by atoms with Crippen molar-refractivity contribution in [1.29, 1.82) is 0 Å². The molecule has 0 aromatic rings. The van der Waals surface area contributed by atoms with Crippen LogP contribution in [0.5, 0.6) is 0 Å². The SMILES string of the molecule is CCCC(C)COCC(CC)CBr. The maximum atomic E-state index is 5.66. The van der Waals surface area contributed by atoms with Crippen molar-refractivity contribution >= 4 is 15.9 Å². The predicted octanol–water partition coefficient (Wildman–Crippen LogP) is 3.86. The molecule has 0 saturated heterocycles. The quantitative estimate of drug-likeness (QED) is 0.595. The van der Waals surface area contributed by atoms with Gasteiger partial charge >= 0.3 is 0 Å². The lowest BCUT2D eigenvalue weighted by Crippen LogP contribution is -2.14. The Bertz CT molecular complexity index is 102. The third-order valence-electron chi connectivity index (χ3n) is 2.33. The molecule has 13 heavy (non-hydrogen) atoms. The van der Waals surface area contributed by atoms with Crippen LogP contribution in [0.3, 0.4) is 0 Å². The van der Waals surface area contributed by atoms with Gasteiger partial charge in [-0.15, -0.1) is 0 Å². The monoisotopic (exact) mass is 250 g/mol. The summed E-state index contributed by atoms with van der Waals surface area (Å²) in [6, 6.07) is 0. The Morgan fingerprint density at radius 2 is 1.92 bits per heavy atom. The van der Waals surface area contributed by atoms with E-state index in [1.54, 1.807) is 0 Å². The van der Waals surface area contributed by atoms with Crippen LogP contribution in [0.2, 0.25) is 0 Å². The summed E-state index contributed by atoms with van der Waals surface area (Å²) in [5.74, 6) is 1.41. The molecule has 0 N–H and O–H groups in total. The Balaban J connectivity index is 3.32. The number of ether oxygens (including phenoxy) is 1. The van der Waals surface area contributed by atoms with Gasteiger partial charge in [-0.05, 0) is 18.3 Å². The lowest BCUT2D eigenvalue weighted by Gasteiger charge is -2.14. The molecule has 80 valence electrons. The fourth-order valence-corrected chi connectivity index (χ4v) is 1.93. The second-order valence-electron chi connectivity index (χ2n) is 3.86. The summed E-state index contributed by atoms with van der Waals surface area (Å²) in [7, 11) is 0. The first kappa shape index (κ1) is 13.4. The average molecular weight is 251 g/mol. The van der Waals surface area contributed by atoms with Crippen molar-refractivity contribution in [2.24, 2.45) is 11.8 Å². The van der Waals surface area contributed by atoms with E-state index < -0.39 is 0 Å². The lowest BCUT2D eigenvalue weighted by molar-refractivity contribution is 0.0780. The Hall–Kier alpha value is 0.440. The van der Waals surface area contributed by atoms with E-state index in [4.69, 9.17) is 4.74 Å². The van der Waals surface area contributed by atoms with Gasteiger partial charge in [-0.2, -0.15) is 0 Å². The Kier molecular flexibility index (Phi) is 9.32. The van der Waals surface area contributed by atoms with Crippen LogP contribution in [0, 0.1) is 11.8 Å². The average Bonchev–Trinajstić information content (AvgIpc) is 2.13. The second-order valence-corrected chi connectivity index (χ2v) is 4.51. The molecule has 0 aromatic carbocycles. The fourth-order valence-electron chi connectivity index (χ4n) is 1.28. The van der Waals surface area contributed by atoms with E-state index in [0.29, 0.717) is 5.92 Å². The van der Waals surface area contributed by atoms with Crippen LogP contribution in [0.25, 0.3) is 0 Å². The van der Waals surface area contributed by atoms with Gasteiger partial charge in [0.05, 0.1) is 6.61 Å². The number of hydrogen-bond donors (Lipinski definition) is 0. The van der Waals surface area contributed by atoms with Crippen LogP contribution < -0.4 is 0 Å². The summed E-state index contributed by atoms with van der Waals surface area (Å²) in [4.78, 5) is 0. The topological polar surface area (TPSA) is 9.23 Å². The van der Waals surface area contributed by atoms with Crippen molar-refractivity contribution in [3.8, 4) is 0 Å². The second kappa shape index (κ2) is 9.01. The molecular formula is C11H23BrO. The molecule has 2 atom stereocenters. The molecule has 0 bridgehead atoms. The van der Waals surface area contributed by atoms with Crippen molar-refractivity contribution < 1.29 is 4.74 Å². The molecule has 0 spiro atoms. The van der Waals surface area contributed by atoms with Gasteiger partial charge < -0.3 is 4.74 Å². The molecule has 0 heterocycles. The minimum atomic E-state index is 0.689. The van der Waals surface area contributed by atoms with Gasteiger partial charge in [0, 0.05) is 11.9 Å². The van der Waals surface area contributed by atoms with Gasteiger partial charge in [-0.1, -0.05) is 49.5 Å². The Labute approximate surface area is 91.4 Å². The molecule has 0 aromatic heterocycles. The minimum absolute atomic E-state index is 0.689. The van der Waals surface area contributed by atoms with Crippen LogP contribution in [0.4, 0.5) is 0 Å². The van der Waals surface area contributed by atoms with Crippen molar-refractivity contribution in [2.45, 2.75) is 40.0 Å². The minimum Gasteiger partial charge on any atom is -0.381 e. The van der Waals surface area contributed by atoms with Gasteiger partial charge in [0.1, 0.15) is 0 Å². The summed E-state index contributed by atoms with van der Waals surface area (Å²) >= 11 is 3.49. The molecule has 2 unspecified atom stereocenters. The van der Waals surface area contributed by atoms with E-state index in [1.807, 2.05) is 0 Å². The highest BCUT2D eigenvalue weighted by atomic mass is 79.9. The highest BCUT2D eigenvalue weighted by molar-refractivity contribution is 9.09. The van der Waals surface area contributed by atoms with Gasteiger partial charge in [0.25, 0.3) is 0 Å². The normalized spacial score (nSPS) is 15.7. The maximum Gasteiger partial charge on any atom is 0.0502 e. The number of hydrogen-bond acceptors (Lipinski definition) is 1. The van der Waals surface area contributed by atoms with Crippen molar-refractivity contribution in [1.82, 2.24) is 0 Å². The van der Waals surface area contributed by atoms with Crippen molar-refractivity contribution in [3.63, 3.8) is 0 Å². The Morgan fingerprint density at radius 3 is 2.38 bits per heavy atom. The highest BCUT2D eigenvalue weighted by Gasteiger charge is 2.05. The van der Waals surface area contributed by atoms with Crippen LogP contribution in [-0.4, -0.2) is 18.5 Å². The molecule has 0 aliphatic carbocycles. The zero-order valence-corrected chi connectivity index (χ0v) is 10.8. The lowest BCUT2D eigenvalue weighted by atomic mass is 10.1. The van der Waals surface area contributed by atoms with E-state index in [9.17, 15) is 0 Å². The third kappa shape index (κ3) is 7.51. The molecule has 0 radical (unpaired) electrons. The molecule has 2 heteroatoms. The highest BCUT2D eigenvalue weighted by Crippen LogP contribution is 2.09. The zero-order chi connectivity index (χ0) is 10.1. The summed E-state index contributed by atoms with van der Waals surface area (Å²) < 4.78 is 5.66. The smallest absolute Gasteiger partial charge is 0.0502 e. The van der Waals surface area contributed by atoms with Crippen LogP contribution in [-0.2, 0) is 4.74 Å². The van der Waals surface area contributed by atoms with Gasteiger partial charge in [-0.3, -0.25) is 0 Å². The van der Waals surface area contributed by atoms with Gasteiger partial charge in [-0.25, -0.2) is 0 Å². The van der Waals surface area contributed by atoms with E-state index in [0.717, 1.165) is 24.5 Å². The summed E-state index contributed by atoms with van der Waals surface area (Å²) in [5.41, 5.74) is 0. The fraction of sp³-hybridized carbons (Fsp3) is 1.00. The molecule has 1 nitrogen and oxygen atoms in total. The first-order valence-corrected chi connectivity index (χ1v) is 6.50. The van der Waals surface area contributed by atoms with E-state index >= 15 is 0 Å². The standard InChI is InChI=1S/C11H23BrO/c1-4-6-10(3)8-13-9-11(5-2)7-12/h10-11H,4-9H2,1-3H3. The number of alkyl halides is 1. The molecule has 0 aliphatic rings. The first-order chi connectivity index (χ1) is 6.24. The van der Waals surface area contributed by atoms with Crippen LogP contribution >= 0.6 is 15.9 Å². The van der Waals surface area contributed by atoms with Crippen molar-refractivity contribution in [2.75, 3.05) is 18.5 Å². The van der Waals surface area contributed by atoms with Gasteiger partial charge in [0.2, 0.25) is 0 Å². The van der Waals surface area contributed by atoms with Crippen molar-refractivity contribution in [3.05, 3.63) is 0 Å². The molecular weight excluding hydrogens is 228 g/mol. The molecule has 0 amide bonds. The largest absolute Gasteiger partial charge is 0.381 e. The summed E-state index contributed by atoms with van der Waals surface area (Å²) in [5, 5.41) is 1.06. The van der Waals surface area contributed by atoms with Gasteiger partial charge in [0.15, 0.2) is 0 Å².